The fourth-order valence-corrected chi connectivity index (χ4v) is 1.14. The van der Waals surface area contributed by atoms with Gasteiger partial charge in [0.25, 0.3) is 0 Å². The number of ether oxygens (including phenoxy) is 1. The van der Waals surface area contributed by atoms with Crippen molar-refractivity contribution in [3.05, 3.63) is 34.9 Å². The van der Waals surface area contributed by atoms with Gasteiger partial charge in [-0.15, -0.1) is 0 Å². The molecule has 13 heavy (non-hydrogen) atoms. The van der Waals surface area contributed by atoms with E-state index in [1.165, 1.54) is 7.11 Å². The number of methoxy groups -OCH3 is 1. The minimum atomic E-state index is -0.324. The highest BCUT2D eigenvalue weighted by Gasteiger charge is 2.06. The molecule has 0 heterocycles. The molecule has 0 fully saturated rings. The monoisotopic (exact) mass is 180 g/mol. The summed E-state index contributed by atoms with van der Waals surface area (Å²) in [5.41, 5.74) is 8.13. The molecule has 0 unspecified atom stereocenters. The first-order chi connectivity index (χ1) is 6.19. The van der Waals surface area contributed by atoms with Gasteiger partial charge in [-0.05, 0) is 30.2 Å². The molecule has 0 saturated heterocycles. The molecule has 0 atom stereocenters. The second kappa shape index (κ2) is 4.05. The van der Waals surface area contributed by atoms with Gasteiger partial charge >= 0.3 is 7.40 Å². The van der Waals surface area contributed by atoms with Crippen LogP contribution < -0.4 is 5.73 Å². The number of carbonyl (C=O) groups excluding carboxylic acids is 1. The molecule has 0 saturated carbocycles. The first kappa shape index (κ1) is 9.74. The molecule has 1 rings (SSSR count). The van der Waals surface area contributed by atoms with Gasteiger partial charge in [-0.1, -0.05) is 6.07 Å². The van der Waals surface area contributed by atoms with Crippen molar-refractivity contribution in [1.29, 1.82) is 0 Å². The maximum atomic E-state index is 11.1. The molecule has 0 aromatic heterocycles. The zero-order chi connectivity index (χ0) is 9.84. The predicted molar refractivity (Wildman–Crippen MR) is 51.5 cm³/mol. The quantitative estimate of drug-likeness (QED) is 0.699. The summed E-state index contributed by atoms with van der Waals surface area (Å²) in [4.78, 5) is 11.1. The highest BCUT2D eigenvalue weighted by Crippen LogP contribution is 2.11. The summed E-state index contributed by atoms with van der Waals surface area (Å²) in [6, 6.07) is 5.37. The Morgan fingerprint density at radius 2 is 2.31 bits per heavy atom. The Balaban J connectivity index is 0.00000169. The summed E-state index contributed by atoms with van der Waals surface area (Å²) >= 11 is 0. The molecular weight excluding hydrogens is 166 g/mol. The van der Waals surface area contributed by atoms with E-state index in [-0.39, 0.29) is 7.40 Å². The van der Waals surface area contributed by atoms with Crippen LogP contribution in [0.5, 0.6) is 0 Å². The summed E-state index contributed by atoms with van der Waals surface area (Å²) < 4.78 is 4.60. The zero-order valence-corrected chi connectivity index (χ0v) is 7.83. The molecule has 3 heteroatoms. The number of hydrogen-bond donors (Lipinski definition) is 1. The Morgan fingerprint density at radius 1 is 1.62 bits per heavy atom. The van der Waals surface area contributed by atoms with Gasteiger partial charge in [-0.3, -0.25) is 0 Å². The third-order valence-electron chi connectivity index (χ3n) is 1.99. The van der Waals surface area contributed by atoms with Crippen molar-refractivity contribution >= 4 is 5.97 Å². The molecule has 0 aliphatic rings. The van der Waals surface area contributed by atoms with Gasteiger partial charge in [-0.25, -0.2) is 4.79 Å². The number of nitrogens with two attached hydrogens (primary N) is 1. The van der Waals surface area contributed by atoms with E-state index in [9.17, 15) is 4.79 Å². The lowest BCUT2D eigenvalue weighted by atomic mass is 10.1. The SMILES string of the molecule is COC(=O)c1ccc(C)c(CN)c1.[H+]. The number of aryl methyl sites for hydroxylation is 1. The van der Waals surface area contributed by atoms with E-state index >= 15 is 0 Å². The standard InChI is InChI=1S/C10H13NO2/c1-7-3-4-8(10(12)13-2)5-9(7)6-11/h3-5H,6,11H2,1-2H3/p+1. The van der Waals surface area contributed by atoms with E-state index in [0.29, 0.717) is 12.1 Å². The van der Waals surface area contributed by atoms with Crippen LogP contribution in [0.25, 0.3) is 0 Å². The number of carbonyl (C=O) groups is 1. The van der Waals surface area contributed by atoms with Gasteiger partial charge in [0, 0.05) is 6.54 Å². The first-order valence-corrected chi connectivity index (χ1v) is 4.07. The van der Waals surface area contributed by atoms with Crippen molar-refractivity contribution < 1.29 is 11.0 Å². The van der Waals surface area contributed by atoms with Crippen molar-refractivity contribution in [2.75, 3.05) is 7.11 Å². The minimum absolute atomic E-state index is 0. The molecule has 1 aromatic carbocycles. The summed E-state index contributed by atoms with van der Waals surface area (Å²) in [6.45, 7) is 2.40. The molecule has 0 spiro atoms. The predicted octanol–water partition coefficient (Wildman–Crippen LogP) is 1.35. The summed E-state index contributed by atoms with van der Waals surface area (Å²) in [6.07, 6.45) is 0. The van der Waals surface area contributed by atoms with Crippen LogP contribution in [0.4, 0.5) is 0 Å². The van der Waals surface area contributed by atoms with Crippen LogP contribution in [0.2, 0.25) is 0 Å². The first-order valence-electron chi connectivity index (χ1n) is 4.07. The third kappa shape index (κ3) is 2.06. The zero-order valence-electron chi connectivity index (χ0n) is 8.83. The maximum Gasteiger partial charge on any atom is 1.00 e. The van der Waals surface area contributed by atoms with Gasteiger partial charge < -0.3 is 10.5 Å². The molecule has 0 aliphatic heterocycles. The van der Waals surface area contributed by atoms with Gasteiger partial charge in [0.2, 0.25) is 0 Å². The molecule has 0 aliphatic carbocycles. The Morgan fingerprint density at radius 3 is 2.85 bits per heavy atom. The Hall–Kier alpha value is -1.35. The van der Waals surface area contributed by atoms with Crippen molar-refractivity contribution in [3.63, 3.8) is 0 Å². The average molecular weight is 180 g/mol. The van der Waals surface area contributed by atoms with E-state index < -0.39 is 0 Å². The lowest BCUT2D eigenvalue weighted by Gasteiger charge is -2.04. The number of hydrogen-bond acceptors (Lipinski definition) is 3. The van der Waals surface area contributed by atoms with Crippen LogP contribution >= 0.6 is 0 Å². The summed E-state index contributed by atoms with van der Waals surface area (Å²) in [7, 11) is 1.37. The van der Waals surface area contributed by atoms with Gasteiger partial charge in [0.15, 0.2) is 0 Å². The fraction of sp³-hybridized carbons (Fsp3) is 0.300. The van der Waals surface area contributed by atoms with E-state index in [1.54, 1.807) is 12.1 Å². The molecule has 3 nitrogen and oxygen atoms in total. The van der Waals surface area contributed by atoms with Gasteiger partial charge in [-0.2, -0.15) is 0 Å². The van der Waals surface area contributed by atoms with Crippen molar-refractivity contribution in [1.82, 2.24) is 0 Å². The Bertz CT molecular complexity index is 326. The summed E-state index contributed by atoms with van der Waals surface area (Å²) in [5.74, 6) is -0.324. The molecule has 2 N–H and O–H groups in total. The van der Waals surface area contributed by atoms with Crippen LogP contribution in [-0.4, -0.2) is 13.1 Å². The molecular formula is C10H14NO2+. The lowest BCUT2D eigenvalue weighted by molar-refractivity contribution is 0.0600. The topological polar surface area (TPSA) is 52.3 Å². The van der Waals surface area contributed by atoms with Crippen LogP contribution in [0.15, 0.2) is 18.2 Å². The van der Waals surface area contributed by atoms with E-state index in [0.717, 1.165) is 11.1 Å². The number of rotatable bonds is 2. The number of benzene rings is 1. The van der Waals surface area contributed by atoms with E-state index in [4.69, 9.17) is 5.73 Å². The molecule has 0 radical (unpaired) electrons. The second-order valence-corrected chi connectivity index (χ2v) is 2.84. The van der Waals surface area contributed by atoms with Gasteiger partial charge in [0.05, 0.1) is 12.7 Å². The third-order valence-corrected chi connectivity index (χ3v) is 1.99. The van der Waals surface area contributed by atoms with Gasteiger partial charge in [0.1, 0.15) is 0 Å². The summed E-state index contributed by atoms with van der Waals surface area (Å²) in [5, 5.41) is 0. The molecule has 70 valence electrons. The van der Waals surface area contributed by atoms with Crippen LogP contribution in [0, 0.1) is 6.92 Å². The van der Waals surface area contributed by atoms with Crippen LogP contribution in [0.1, 0.15) is 22.9 Å². The molecule has 0 bridgehead atoms. The molecule has 0 amide bonds. The Kier molecular flexibility index (Phi) is 3.03. The van der Waals surface area contributed by atoms with Crippen molar-refractivity contribution in [2.45, 2.75) is 13.5 Å². The maximum absolute atomic E-state index is 11.1. The number of esters is 1. The van der Waals surface area contributed by atoms with Crippen LogP contribution in [-0.2, 0) is 11.3 Å². The second-order valence-electron chi connectivity index (χ2n) is 2.84. The van der Waals surface area contributed by atoms with E-state index in [1.807, 2.05) is 13.0 Å². The lowest BCUT2D eigenvalue weighted by Crippen LogP contribution is -2.05. The smallest absolute Gasteiger partial charge is 0.465 e. The van der Waals surface area contributed by atoms with Crippen molar-refractivity contribution in [2.24, 2.45) is 5.73 Å². The fourth-order valence-electron chi connectivity index (χ4n) is 1.14. The minimum Gasteiger partial charge on any atom is -0.465 e. The van der Waals surface area contributed by atoms with Crippen molar-refractivity contribution in [3.8, 4) is 0 Å². The van der Waals surface area contributed by atoms with E-state index in [2.05, 4.69) is 4.74 Å². The highest BCUT2D eigenvalue weighted by atomic mass is 16.5. The Labute approximate surface area is 79.0 Å². The highest BCUT2D eigenvalue weighted by molar-refractivity contribution is 5.89. The average Bonchev–Trinajstić information content (AvgIpc) is 2.17. The molecule has 1 aromatic rings. The largest absolute Gasteiger partial charge is 1.00 e. The van der Waals surface area contributed by atoms with Crippen LogP contribution in [0.3, 0.4) is 0 Å². The normalized spacial score (nSPS) is 9.77.